The quantitative estimate of drug-likeness (QED) is 0.549. The van der Waals surface area contributed by atoms with Crippen LogP contribution in [-0.4, -0.2) is 47.9 Å². The first kappa shape index (κ1) is 22.2. The monoisotopic (exact) mass is 455 g/mol. The molecule has 168 valence electrons. The van der Waals surface area contributed by atoms with E-state index in [9.17, 15) is 18.0 Å². The number of carbonyl (C=O) groups is 1. The first-order chi connectivity index (χ1) is 15.3. The van der Waals surface area contributed by atoms with E-state index < -0.39 is 16.0 Å². The number of fused-ring (bicyclic) bond motifs is 1. The lowest BCUT2D eigenvalue weighted by Gasteiger charge is -2.32. The molecule has 1 saturated heterocycles. The van der Waals surface area contributed by atoms with E-state index in [4.69, 9.17) is 4.74 Å². The van der Waals surface area contributed by atoms with E-state index >= 15 is 0 Å². The van der Waals surface area contributed by atoms with Gasteiger partial charge in [-0.25, -0.2) is 18.2 Å². The summed E-state index contributed by atoms with van der Waals surface area (Å²) >= 11 is 0. The lowest BCUT2D eigenvalue weighted by Crippen LogP contribution is -2.40. The molecule has 1 aliphatic heterocycles. The fraction of sp³-hybridized carbons (Fsp3) is 0.348. The molecule has 0 spiro atoms. The third kappa shape index (κ3) is 4.18. The number of hydrogen-bond acceptors (Lipinski definition) is 6. The van der Waals surface area contributed by atoms with Crippen molar-refractivity contribution in [1.29, 1.82) is 0 Å². The Hall–Kier alpha value is -3.04. The molecule has 0 saturated carbocycles. The van der Waals surface area contributed by atoms with Crippen molar-refractivity contribution < 1.29 is 17.9 Å². The first-order valence-electron chi connectivity index (χ1n) is 10.6. The minimum absolute atomic E-state index is 0.102. The molecule has 0 bridgehead atoms. The van der Waals surface area contributed by atoms with E-state index in [0.717, 1.165) is 5.56 Å². The molecule has 1 fully saturated rings. The number of hydrogen-bond donors (Lipinski definition) is 0. The zero-order valence-corrected chi connectivity index (χ0v) is 18.8. The number of rotatable bonds is 5. The summed E-state index contributed by atoms with van der Waals surface area (Å²) in [5, 5.41) is 0.573. The summed E-state index contributed by atoms with van der Waals surface area (Å²) in [6.45, 7) is 4.49. The Kier molecular flexibility index (Phi) is 6.12. The van der Waals surface area contributed by atoms with Gasteiger partial charge in [0.2, 0.25) is 10.0 Å². The fourth-order valence-electron chi connectivity index (χ4n) is 4.00. The van der Waals surface area contributed by atoms with Crippen molar-refractivity contribution >= 4 is 26.9 Å². The van der Waals surface area contributed by atoms with Crippen LogP contribution < -0.4 is 5.56 Å². The standard InChI is InChI=1S/C23H25N3O5S/c1-3-31-23(28)17-5-7-19(8-6-17)32(29,30)25-12-10-18(11-13-25)26-15-24-21-9-4-16(2)14-20(21)22(26)27/h4-9,14-15,18H,3,10-13H2,1-2H3. The SMILES string of the molecule is CCOC(=O)c1ccc(S(=O)(=O)N2CCC(n3cnc4ccc(C)cc4c3=O)CC2)cc1. The summed E-state index contributed by atoms with van der Waals surface area (Å²) in [6, 6.07) is 11.2. The maximum Gasteiger partial charge on any atom is 0.338 e. The zero-order valence-electron chi connectivity index (χ0n) is 18.0. The number of aromatic nitrogens is 2. The molecule has 9 heteroatoms. The molecule has 32 heavy (non-hydrogen) atoms. The summed E-state index contributed by atoms with van der Waals surface area (Å²) in [5.41, 5.74) is 1.85. The molecule has 0 amide bonds. The minimum atomic E-state index is -3.69. The van der Waals surface area contributed by atoms with Crippen molar-refractivity contribution in [1.82, 2.24) is 13.9 Å². The van der Waals surface area contributed by atoms with Crippen LogP contribution in [0.5, 0.6) is 0 Å². The van der Waals surface area contributed by atoms with Gasteiger partial charge < -0.3 is 4.74 Å². The van der Waals surface area contributed by atoms with E-state index in [0.29, 0.717) is 42.4 Å². The summed E-state index contributed by atoms with van der Waals surface area (Å²) in [7, 11) is -3.69. The third-order valence-electron chi connectivity index (χ3n) is 5.76. The largest absolute Gasteiger partial charge is 0.462 e. The summed E-state index contributed by atoms with van der Waals surface area (Å²) in [4.78, 5) is 29.3. The van der Waals surface area contributed by atoms with Crippen molar-refractivity contribution in [2.45, 2.75) is 37.6 Å². The van der Waals surface area contributed by atoms with Crippen LogP contribution in [0.3, 0.4) is 0 Å². The number of esters is 1. The number of carbonyl (C=O) groups excluding carboxylic acids is 1. The van der Waals surface area contributed by atoms with Crippen molar-refractivity contribution in [3.63, 3.8) is 0 Å². The second-order valence-corrected chi connectivity index (χ2v) is 9.80. The maximum absolute atomic E-state index is 13.0. The number of benzene rings is 2. The van der Waals surface area contributed by atoms with Crippen LogP contribution in [0, 0.1) is 6.92 Å². The smallest absolute Gasteiger partial charge is 0.338 e. The molecule has 1 aliphatic rings. The van der Waals surface area contributed by atoms with E-state index in [-0.39, 0.29) is 23.1 Å². The molecular weight excluding hydrogens is 430 g/mol. The van der Waals surface area contributed by atoms with E-state index in [2.05, 4.69) is 4.98 Å². The van der Waals surface area contributed by atoms with Gasteiger partial charge in [-0.3, -0.25) is 9.36 Å². The highest BCUT2D eigenvalue weighted by molar-refractivity contribution is 7.89. The molecule has 4 rings (SSSR count). The molecule has 1 aromatic heterocycles. The van der Waals surface area contributed by atoms with Crippen LogP contribution >= 0.6 is 0 Å². The average Bonchev–Trinajstić information content (AvgIpc) is 2.80. The van der Waals surface area contributed by atoms with Crippen LogP contribution in [0.25, 0.3) is 10.9 Å². The lowest BCUT2D eigenvalue weighted by molar-refractivity contribution is 0.0526. The summed E-state index contributed by atoms with van der Waals surface area (Å²) < 4.78 is 34.1. The van der Waals surface area contributed by atoms with Crippen molar-refractivity contribution in [2.24, 2.45) is 0 Å². The normalized spacial score (nSPS) is 15.7. The number of piperidine rings is 1. The second-order valence-electron chi connectivity index (χ2n) is 7.86. The third-order valence-corrected chi connectivity index (χ3v) is 7.67. The van der Waals surface area contributed by atoms with Gasteiger partial charge in [0.1, 0.15) is 0 Å². The summed E-state index contributed by atoms with van der Waals surface area (Å²) in [5.74, 6) is -0.484. The summed E-state index contributed by atoms with van der Waals surface area (Å²) in [6.07, 6.45) is 2.58. The number of nitrogens with zero attached hydrogens (tertiary/aromatic N) is 3. The van der Waals surface area contributed by atoms with Gasteiger partial charge in [-0.05, 0) is 63.1 Å². The van der Waals surface area contributed by atoms with E-state index in [1.54, 1.807) is 17.8 Å². The fourth-order valence-corrected chi connectivity index (χ4v) is 5.47. The van der Waals surface area contributed by atoms with Gasteiger partial charge in [0.15, 0.2) is 0 Å². The number of sulfonamides is 1. The molecule has 8 nitrogen and oxygen atoms in total. The Morgan fingerprint density at radius 2 is 1.81 bits per heavy atom. The van der Waals surface area contributed by atoms with Crippen molar-refractivity contribution in [3.05, 3.63) is 70.3 Å². The van der Waals surface area contributed by atoms with Gasteiger partial charge in [0.25, 0.3) is 5.56 Å². The topological polar surface area (TPSA) is 98.6 Å². The Morgan fingerprint density at radius 1 is 1.12 bits per heavy atom. The predicted octanol–water partition coefficient (Wildman–Crippen LogP) is 2.91. The molecule has 0 aliphatic carbocycles. The zero-order chi connectivity index (χ0) is 22.9. The van der Waals surface area contributed by atoms with Gasteiger partial charge in [-0.15, -0.1) is 0 Å². The van der Waals surface area contributed by atoms with Gasteiger partial charge in [-0.1, -0.05) is 11.6 Å². The van der Waals surface area contributed by atoms with Gasteiger partial charge in [0, 0.05) is 19.1 Å². The Morgan fingerprint density at radius 3 is 2.47 bits per heavy atom. The first-order valence-corrected chi connectivity index (χ1v) is 12.0. The van der Waals surface area contributed by atoms with Crippen LogP contribution in [0.2, 0.25) is 0 Å². The minimum Gasteiger partial charge on any atom is -0.462 e. The van der Waals surface area contributed by atoms with Gasteiger partial charge in [-0.2, -0.15) is 4.31 Å². The second kappa shape index (κ2) is 8.84. The van der Waals surface area contributed by atoms with Crippen molar-refractivity contribution in [3.8, 4) is 0 Å². The average molecular weight is 456 g/mol. The van der Waals surface area contributed by atoms with Gasteiger partial charge >= 0.3 is 5.97 Å². The van der Waals surface area contributed by atoms with Crippen LogP contribution in [0.4, 0.5) is 0 Å². The van der Waals surface area contributed by atoms with E-state index in [1.807, 2.05) is 25.1 Å². The Balaban J connectivity index is 1.50. The van der Waals surface area contributed by atoms with Crippen LogP contribution in [-0.2, 0) is 14.8 Å². The van der Waals surface area contributed by atoms with E-state index in [1.165, 1.54) is 28.6 Å². The molecule has 0 radical (unpaired) electrons. The maximum atomic E-state index is 13.0. The molecule has 0 atom stereocenters. The molecule has 0 N–H and O–H groups in total. The molecule has 0 unspecified atom stereocenters. The van der Waals surface area contributed by atoms with Gasteiger partial charge in [0.05, 0.1) is 34.3 Å². The molecular formula is C23H25N3O5S. The molecule has 2 heterocycles. The Labute approximate surface area is 186 Å². The predicted molar refractivity (Wildman–Crippen MR) is 120 cm³/mol. The molecule has 3 aromatic rings. The highest BCUT2D eigenvalue weighted by atomic mass is 32.2. The molecule has 2 aromatic carbocycles. The highest BCUT2D eigenvalue weighted by Gasteiger charge is 2.30. The van der Waals surface area contributed by atoms with Crippen LogP contribution in [0.15, 0.2) is 58.5 Å². The number of ether oxygens (including phenoxy) is 1. The lowest BCUT2D eigenvalue weighted by atomic mass is 10.1. The Bertz CT molecular complexity index is 1310. The van der Waals surface area contributed by atoms with Crippen LogP contribution in [0.1, 0.15) is 41.7 Å². The number of aryl methyl sites for hydroxylation is 1. The van der Waals surface area contributed by atoms with Crippen molar-refractivity contribution in [2.75, 3.05) is 19.7 Å². The highest BCUT2D eigenvalue weighted by Crippen LogP contribution is 2.26.